The molecule has 0 atom stereocenters. The molecule has 1 aromatic carbocycles. The van der Waals surface area contributed by atoms with Gasteiger partial charge in [-0.1, -0.05) is 18.2 Å². The second-order valence-electron chi connectivity index (χ2n) is 7.73. The maximum atomic E-state index is 4.74. The van der Waals surface area contributed by atoms with Gasteiger partial charge in [0.25, 0.3) is 0 Å². The van der Waals surface area contributed by atoms with Crippen molar-refractivity contribution in [3.05, 3.63) is 35.5 Å². The molecule has 0 bridgehead atoms. The van der Waals surface area contributed by atoms with Gasteiger partial charge < -0.3 is 14.8 Å². The smallest absolute Gasteiger partial charge is 0.250 e. The second kappa shape index (κ2) is 7.69. The molecule has 2 N–H and O–H groups in total. The highest BCUT2D eigenvalue weighted by atomic mass is 15.4. The Bertz CT molecular complexity index is 994. The Labute approximate surface area is 170 Å². The Hall–Kier alpha value is -3.16. The zero-order chi connectivity index (χ0) is 19.6. The van der Waals surface area contributed by atoms with Crippen molar-refractivity contribution >= 4 is 35.0 Å². The van der Waals surface area contributed by atoms with E-state index in [4.69, 9.17) is 4.98 Å². The van der Waals surface area contributed by atoms with Crippen LogP contribution in [0.5, 0.6) is 0 Å². The lowest BCUT2D eigenvalue weighted by atomic mass is 10.1. The minimum atomic E-state index is 0.498. The van der Waals surface area contributed by atoms with Crippen molar-refractivity contribution in [2.24, 2.45) is 5.10 Å². The number of aromatic amines is 1. The molecule has 8 heteroatoms. The number of benzene rings is 1. The van der Waals surface area contributed by atoms with E-state index >= 15 is 0 Å². The lowest BCUT2D eigenvalue weighted by Gasteiger charge is -2.20. The van der Waals surface area contributed by atoms with Crippen molar-refractivity contribution in [2.45, 2.75) is 32.6 Å². The molecule has 0 amide bonds. The van der Waals surface area contributed by atoms with Crippen molar-refractivity contribution in [3.8, 4) is 0 Å². The van der Waals surface area contributed by atoms with Gasteiger partial charge in [0, 0.05) is 48.3 Å². The van der Waals surface area contributed by atoms with Gasteiger partial charge in [0.15, 0.2) is 0 Å². The van der Waals surface area contributed by atoms with Crippen LogP contribution in [-0.2, 0) is 0 Å². The lowest BCUT2D eigenvalue weighted by Crippen LogP contribution is -2.25. The van der Waals surface area contributed by atoms with Crippen LogP contribution in [0, 0.1) is 6.92 Å². The second-order valence-corrected chi connectivity index (χ2v) is 7.73. The molecule has 150 valence electrons. The minimum absolute atomic E-state index is 0.498. The number of rotatable bonds is 5. The first-order valence-corrected chi connectivity index (χ1v) is 10.4. The Kier molecular flexibility index (Phi) is 4.75. The normalized spacial score (nSPS) is 17.1. The number of hydrazone groups is 1. The number of nitrogens with one attached hydrogen (secondary N) is 2. The molecule has 0 spiro atoms. The summed E-state index contributed by atoms with van der Waals surface area (Å²) in [7, 11) is 0. The van der Waals surface area contributed by atoms with Gasteiger partial charge in [-0.3, -0.25) is 0 Å². The van der Waals surface area contributed by atoms with Crippen LogP contribution in [0.25, 0.3) is 10.9 Å². The zero-order valence-electron chi connectivity index (χ0n) is 16.7. The maximum absolute atomic E-state index is 4.74. The van der Waals surface area contributed by atoms with E-state index in [0.29, 0.717) is 5.95 Å². The third-order valence-corrected chi connectivity index (χ3v) is 5.69. The highest BCUT2D eigenvalue weighted by Crippen LogP contribution is 2.23. The van der Waals surface area contributed by atoms with E-state index in [-0.39, 0.29) is 0 Å². The standard InChI is InChI=1S/C21H26N8/c1-15-17(16-8-2-3-9-18(16)23-15)14-22-27-19-24-20(28-10-4-5-11-28)26-21(25-19)29-12-6-7-13-29/h2-3,8-9,14,23H,4-7,10-13H2,1H3,(H,24,25,26,27)/b22-14-. The summed E-state index contributed by atoms with van der Waals surface area (Å²) in [6.07, 6.45) is 6.58. The summed E-state index contributed by atoms with van der Waals surface area (Å²) in [6, 6.07) is 8.24. The monoisotopic (exact) mass is 390 g/mol. The molecule has 0 radical (unpaired) electrons. The Morgan fingerprint density at radius 3 is 2.21 bits per heavy atom. The van der Waals surface area contributed by atoms with E-state index in [2.05, 4.69) is 54.3 Å². The Morgan fingerprint density at radius 2 is 1.55 bits per heavy atom. The predicted octanol–water partition coefficient (Wildman–Crippen LogP) is 3.31. The summed E-state index contributed by atoms with van der Waals surface area (Å²) >= 11 is 0. The summed E-state index contributed by atoms with van der Waals surface area (Å²) < 4.78 is 0. The van der Waals surface area contributed by atoms with Gasteiger partial charge in [-0.25, -0.2) is 5.43 Å². The number of fused-ring (bicyclic) bond motifs is 1. The molecule has 5 rings (SSSR count). The molecule has 0 saturated carbocycles. The van der Waals surface area contributed by atoms with E-state index < -0.39 is 0 Å². The van der Waals surface area contributed by atoms with Gasteiger partial charge >= 0.3 is 0 Å². The largest absolute Gasteiger partial charge is 0.358 e. The number of aromatic nitrogens is 4. The first-order chi connectivity index (χ1) is 14.3. The van der Waals surface area contributed by atoms with E-state index in [0.717, 1.165) is 60.2 Å². The number of aryl methyl sites for hydroxylation is 1. The van der Waals surface area contributed by atoms with E-state index in [1.807, 2.05) is 18.3 Å². The molecule has 2 saturated heterocycles. The molecule has 0 unspecified atom stereocenters. The van der Waals surface area contributed by atoms with E-state index in [9.17, 15) is 0 Å². The molecular formula is C21H26N8. The van der Waals surface area contributed by atoms with Crippen LogP contribution in [0.4, 0.5) is 17.8 Å². The number of hydrogen-bond donors (Lipinski definition) is 2. The highest BCUT2D eigenvalue weighted by Gasteiger charge is 2.21. The van der Waals surface area contributed by atoms with E-state index in [1.165, 1.54) is 25.7 Å². The molecule has 0 aliphatic carbocycles. The summed E-state index contributed by atoms with van der Waals surface area (Å²) in [5.74, 6) is 2.00. The molecule has 3 aromatic rings. The summed E-state index contributed by atoms with van der Waals surface area (Å²) in [5.41, 5.74) is 6.31. The van der Waals surface area contributed by atoms with Crippen LogP contribution in [-0.4, -0.2) is 52.3 Å². The van der Waals surface area contributed by atoms with Crippen LogP contribution in [0.15, 0.2) is 29.4 Å². The Morgan fingerprint density at radius 1 is 0.931 bits per heavy atom. The SMILES string of the molecule is Cc1[nH]c2ccccc2c1/C=N\Nc1nc(N2CCCC2)nc(N2CCCC2)n1. The van der Waals surface area contributed by atoms with Crippen molar-refractivity contribution < 1.29 is 0 Å². The summed E-state index contributed by atoms with van der Waals surface area (Å²) in [6.45, 7) is 6.06. The molecule has 2 aliphatic rings. The van der Waals surface area contributed by atoms with Crippen LogP contribution in [0.2, 0.25) is 0 Å². The Balaban J connectivity index is 1.42. The number of nitrogens with zero attached hydrogens (tertiary/aromatic N) is 6. The van der Waals surface area contributed by atoms with E-state index in [1.54, 1.807) is 0 Å². The lowest BCUT2D eigenvalue weighted by molar-refractivity contribution is 0.838. The molecule has 4 heterocycles. The number of para-hydroxylation sites is 1. The molecule has 29 heavy (non-hydrogen) atoms. The van der Waals surface area contributed by atoms with Gasteiger partial charge in [0.1, 0.15) is 0 Å². The first-order valence-electron chi connectivity index (χ1n) is 10.4. The van der Waals surface area contributed by atoms with Crippen LogP contribution in [0.1, 0.15) is 36.9 Å². The fraction of sp³-hybridized carbons (Fsp3) is 0.429. The minimum Gasteiger partial charge on any atom is -0.358 e. The molecule has 2 aromatic heterocycles. The number of hydrogen-bond acceptors (Lipinski definition) is 7. The van der Waals surface area contributed by atoms with Gasteiger partial charge in [0.05, 0.1) is 6.21 Å². The number of anilines is 3. The molecular weight excluding hydrogens is 364 g/mol. The predicted molar refractivity (Wildman–Crippen MR) is 117 cm³/mol. The van der Waals surface area contributed by atoms with Crippen molar-refractivity contribution in [1.29, 1.82) is 0 Å². The van der Waals surface area contributed by atoms with Crippen molar-refractivity contribution in [2.75, 3.05) is 41.4 Å². The molecule has 2 aliphatic heterocycles. The molecule has 2 fully saturated rings. The average molecular weight is 390 g/mol. The third-order valence-electron chi connectivity index (χ3n) is 5.69. The van der Waals surface area contributed by atoms with Crippen LogP contribution < -0.4 is 15.2 Å². The van der Waals surface area contributed by atoms with Gasteiger partial charge in [0.2, 0.25) is 17.8 Å². The maximum Gasteiger partial charge on any atom is 0.250 e. The first kappa shape index (κ1) is 17.9. The summed E-state index contributed by atoms with van der Waals surface area (Å²) in [5, 5.41) is 5.60. The zero-order valence-corrected chi connectivity index (χ0v) is 16.7. The van der Waals surface area contributed by atoms with Gasteiger partial charge in [-0.2, -0.15) is 20.1 Å². The van der Waals surface area contributed by atoms with Crippen molar-refractivity contribution in [3.63, 3.8) is 0 Å². The fourth-order valence-corrected chi connectivity index (χ4v) is 4.14. The fourth-order valence-electron chi connectivity index (χ4n) is 4.14. The van der Waals surface area contributed by atoms with Gasteiger partial charge in [-0.05, 0) is 38.7 Å². The topological polar surface area (TPSA) is 85.3 Å². The molecule has 8 nitrogen and oxygen atoms in total. The van der Waals surface area contributed by atoms with Crippen LogP contribution >= 0.6 is 0 Å². The highest BCUT2D eigenvalue weighted by molar-refractivity contribution is 6.00. The summed E-state index contributed by atoms with van der Waals surface area (Å²) in [4.78, 5) is 21.9. The quantitative estimate of drug-likeness (QED) is 0.514. The third kappa shape index (κ3) is 3.62. The number of H-pyrrole nitrogens is 1. The van der Waals surface area contributed by atoms with Crippen LogP contribution in [0.3, 0.4) is 0 Å². The van der Waals surface area contributed by atoms with Gasteiger partial charge in [-0.15, -0.1) is 0 Å². The van der Waals surface area contributed by atoms with Crippen molar-refractivity contribution in [1.82, 2.24) is 19.9 Å². The average Bonchev–Trinajstić information content (AvgIpc) is 3.50.